The lowest BCUT2D eigenvalue weighted by atomic mass is 9.86. The van der Waals surface area contributed by atoms with Gasteiger partial charge in [-0.05, 0) is 59.9 Å². The second-order valence-corrected chi connectivity index (χ2v) is 8.81. The lowest BCUT2D eigenvalue weighted by Crippen LogP contribution is -2.16. The third-order valence-electron chi connectivity index (χ3n) is 5.29. The van der Waals surface area contributed by atoms with Crippen LogP contribution in [0.25, 0.3) is 22.3 Å². The molecule has 0 radical (unpaired) electrons. The molecule has 4 rings (SSSR count). The first-order valence-corrected chi connectivity index (χ1v) is 10.3. The predicted octanol–water partition coefficient (Wildman–Crippen LogP) is 6.42. The van der Waals surface area contributed by atoms with Gasteiger partial charge in [0.1, 0.15) is 11.4 Å². The number of halogens is 1. The number of carbonyl (C=O) groups excluding carboxylic acids is 1. The number of rotatable bonds is 3. The molecule has 0 aliphatic carbocycles. The van der Waals surface area contributed by atoms with E-state index in [1.54, 1.807) is 18.2 Å². The first-order valence-electron chi connectivity index (χ1n) is 10.3. The predicted molar refractivity (Wildman–Crippen MR) is 123 cm³/mol. The Bertz CT molecular complexity index is 1360. The lowest BCUT2D eigenvalue weighted by Gasteiger charge is -2.19. The fraction of sp³-hybridized carbons (Fsp3) is 0.185. The van der Waals surface area contributed by atoms with Crippen molar-refractivity contribution in [2.45, 2.75) is 33.1 Å². The molecule has 32 heavy (non-hydrogen) atoms. The molecule has 0 bridgehead atoms. The molecule has 3 aromatic carbocycles. The molecular weight excluding hydrogens is 407 g/mol. The van der Waals surface area contributed by atoms with Crippen LogP contribution in [-0.2, 0) is 5.41 Å². The van der Waals surface area contributed by atoms with Gasteiger partial charge in [0.25, 0.3) is 0 Å². The molecule has 1 aromatic heterocycles. The van der Waals surface area contributed by atoms with Crippen LogP contribution in [0, 0.1) is 12.7 Å². The summed E-state index contributed by atoms with van der Waals surface area (Å²) in [6.07, 6.45) is 0. The Hall–Kier alpha value is -3.73. The number of esters is 1. The summed E-state index contributed by atoms with van der Waals surface area (Å²) < 4.78 is 24.8. The number of hydrogen-bond acceptors (Lipinski definition) is 4. The minimum Gasteiger partial charge on any atom is -0.452 e. The SMILES string of the molecule is Cc1ccc2c(=O)c(OC(=O)c3ccc(F)cc3)c(-c3ccc(C(C)(C)C)cc3)oc2c1. The molecule has 0 atom stereocenters. The maximum Gasteiger partial charge on any atom is 0.343 e. The second-order valence-electron chi connectivity index (χ2n) is 8.81. The van der Waals surface area contributed by atoms with Crippen molar-refractivity contribution in [2.24, 2.45) is 0 Å². The molecule has 0 spiro atoms. The van der Waals surface area contributed by atoms with Crippen LogP contribution in [-0.4, -0.2) is 5.97 Å². The van der Waals surface area contributed by atoms with Crippen molar-refractivity contribution in [2.75, 3.05) is 0 Å². The van der Waals surface area contributed by atoms with E-state index < -0.39 is 17.2 Å². The standard InChI is InChI=1S/C27H23FO4/c1-16-5-14-21-22(15-16)31-24(17-6-10-19(11-7-17)27(2,3)4)25(23(21)29)32-26(30)18-8-12-20(28)13-9-18/h5-15H,1-4H3. The molecule has 0 fully saturated rings. The van der Waals surface area contributed by atoms with Gasteiger partial charge in [-0.2, -0.15) is 0 Å². The van der Waals surface area contributed by atoms with Gasteiger partial charge in [0.05, 0.1) is 10.9 Å². The third-order valence-corrected chi connectivity index (χ3v) is 5.29. The number of benzene rings is 3. The summed E-state index contributed by atoms with van der Waals surface area (Å²) in [5, 5.41) is 0.313. The molecule has 0 unspecified atom stereocenters. The zero-order valence-electron chi connectivity index (χ0n) is 18.4. The first kappa shape index (κ1) is 21.5. The quantitative estimate of drug-likeness (QED) is 0.352. The summed E-state index contributed by atoms with van der Waals surface area (Å²) in [4.78, 5) is 26.0. The van der Waals surface area contributed by atoms with Crippen molar-refractivity contribution in [3.63, 3.8) is 0 Å². The summed E-state index contributed by atoms with van der Waals surface area (Å²) >= 11 is 0. The second kappa shape index (κ2) is 8.08. The van der Waals surface area contributed by atoms with E-state index in [0.29, 0.717) is 16.5 Å². The summed E-state index contributed by atoms with van der Waals surface area (Å²) in [7, 11) is 0. The van der Waals surface area contributed by atoms with E-state index in [2.05, 4.69) is 20.8 Å². The number of hydrogen-bond donors (Lipinski definition) is 0. The van der Waals surface area contributed by atoms with Crippen LogP contribution in [0.2, 0.25) is 0 Å². The molecule has 0 aliphatic rings. The highest BCUT2D eigenvalue weighted by atomic mass is 19.1. The van der Waals surface area contributed by atoms with Gasteiger partial charge in [0.15, 0.2) is 5.76 Å². The normalized spacial score (nSPS) is 11.5. The molecule has 162 valence electrons. The zero-order valence-corrected chi connectivity index (χ0v) is 18.4. The van der Waals surface area contributed by atoms with Crippen LogP contribution < -0.4 is 10.2 Å². The van der Waals surface area contributed by atoms with Crippen molar-refractivity contribution < 1.29 is 18.3 Å². The Labute approximate surface area is 185 Å². The van der Waals surface area contributed by atoms with Crippen LogP contribution >= 0.6 is 0 Å². The van der Waals surface area contributed by atoms with Gasteiger partial charge in [0.2, 0.25) is 11.2 Å². The highest BCUT2D eigenvalue weighted by Gasteiger charge is 2.22. The molecule has 1 heterocycles. The fourth-order valence-electron chi connectivity index (χ4n) is 3.43. The van der Waals surface area contributed by atoms with E-state index >= 15 is 0 Å². The smallest absolute Gasteiger partial charge is 0.343 e. The van der Waals surface area contributed by atoms with Crippen molar-refractivity contribution in [3.8, 4) is 17.1 Å². The molecule has 5 heteroatoms. The van der Waals surface area contributed by atoms with Crippen LogP contribution in [0.1, 0.15) is 42.3 Å². The van der Waals surface area contributed by atoms with Gasteiger partial charge < -0.3 is 9.15 Å². The average molecular weight is 430 g/mol. The van der Waals surface area contributed by atoms with Crippen LogP contribution in [0.4, 0.5) is 4.39 Å². The largest absolute Gasteiger partial charge is 0.452 e. The molecule has 4 nitrogen and oxygen atoms in total. The Balaban J connectivity index is 1.87. The average Bonchev–Trinajstić information content (AvgIpc) is 2.75. The molecule has 4 aromatic rings. The van der Waals surface area contributed by atoms with E-state index in [0.717, 1.165) is 23.3 Å². The number of ether oxygens (including phenoxy) is 1. The number of fused-ring (bicyclic) bond motifs is 1. The fourth-order valence-corrected chi connectivity index (χ4v) is 3.43. The van der Waals surface area contributed by atoms with Gasteiger partial charge in [-0.25, -0.2) is 9.18 Å². The Kier molecular flexibility index (Phi) is 5.43. The van der Waals surface area contributed by atoms with E-state index in [1.165, 1.54) is 12.1 Å². The molecule has 0 N–H and O–H groups in total. The molecular formula is C27H23FO4. The summed E-state index contributed by atoms with van der Waals surface area (Å²) in [5.74, 6) is -1.26. The molecule has 0 amide bonds. The molecule has 0 saturated heterocycles. The maximum absolute atomic E-state index is 13.3. The maximum atomic E-state index is 13.3. The minimum atomic E-state index is -0.767. The lowest BCUT2D eigenvalue weighted by molar-refractivity contribution is 0.0731. The Morgan fingerprint density at radius 3 is 2.22 bits per heavy atom. The van der Waals surface area contributed by atoms with E-state index in [-0.39, 0.29) is 22.5 Å². The van der Waals surface area contributed by atoms with Crippen LogP contribution in [0.15, 0.2) is 75.9 Å². The van der Waals surface area contributed by atoms with Crippen molar-refractivity contribution >= 4 is 16.9 Å². The molecule has 0 aliphatic heterocycles. The van der Waals surface area contributed by atoms with E-state index in [1.807, 2.05) is 31.2 Å². The van der Waals surface area contributed by atoms with Crippen molar-refractivity contribution in [3.05, 3.63) is 99.5 Å². The van der Waals surface area contributed by atoms with Gasteiger partial charge in [-0.15, -0.1) is 0 Å². The van der Waals surface area contributed by atoms with E-state index in [9.17, 15) is 14.0 Å². The van der Waals surface area contributed by atoms with Gasteiger partial charge in [-0.3, -0.25) is 4.79 Å². The van der Waals surface area contributed by atoms with Crippen molar-refractivity contribution in [1.29, 1.82) is 0 Å². The summed E-state index contributed by atoms with van der Waals surface area (Å²) in [6, 6.07) is 17.8. The van der Waals surface area contributed by atoms with Crippen molar-refractivity contribution in [1.82, 2.24) is 0 Å². The Morgan fingerprint density at radius 1 is 0.938 bits per heavy atom. The zero-order chi connectivity index (χ0) is 23.0. The topological polar surface area (TPSA) is 56.5 Å². The van der Waals surface area contributed by atoms with E-state index in [4.69, 9.17) is 9.15 Å². The highest BCUT2D eigenvalue weighted by molar-refractivity contribution is 5.93. The third kappa shape index (κ3) is 4.19. The minimum absolute atomic E-state index is 0.0439. The molecule has 0 saturated carbocycles. The van der Waals surface area contributed by atoms with Gasteiger partial charge >= 0.3 is 5.97 Å². The summed E-state index contributed by atoms with van der Waals surface area (Å²) in [6.45, 7) is 8.23. The number of carbonyl (C=O) groups is 1. The van der Waals surface area contributed by atoms with Crippen LogP contribution in [0.3, 0.4) is 0 Å². The highest BCUT2D eigenvalue weighted by Crippen LogP contribution is 2.33. The van der Waals surface area contributed by atoms with Gasteiger partial charge in [-0.1, -0.05) is 51.1 Å². The van der Waals surface area contributed by atoms with Crippen LogP contribution in [0.5, 0.6) is 5.75 Å². The Morgan fingerprint density at radius 2 is 1.59 bits per heavy atom. The summed E-state index contributed by atoms with van der Waals surface area (Å²) in [5.41, 5.74) is 2.71. The monoisotopic (exact) mass is 430 g/mol. The number of aryl methyl sites for hydroxylation is 1. The first-order chi connectivity index (χ1) is 15.1. The van der Waals surface area contributed by atoms with Gasteiger partial charge in [0, 0.05) is 5.56 Å².